The number of rotatable bonds is 11. The first-order valence-electron chi connectivity index (χ1n) is 6.53. The van der Waals surface area contributed by atoms with Crippen LogP contribution in [0.2, 0.25) is 0 Å². The summed E-state index contributed by atoms with van der Waals surface area (Å²) in [5.41, 5.74) is -0.134. The van der Waals surface area contributed by atoms with Crippen LogP contribution in [0.3, 0.4) is 0 Å². The molecule has 0 heterocycles. The molecule has 0 aliphatic rings. The Morgan fingerprint density at radius 2 is 1.88 bits per heavy atom. The summed E-state index contributed by atoms with van der Waals surface area (Å²) in [6, 6.07) is 0. The zero-order chi connectivity index (χ0) is 12.3. The first kappa shape index (κ1) is 15.9. The van der Waals surface area contributed by atoms with Gasteiger partial charge in [-0.25, -0.2) is 0 Å². The maximum atomic E-state index is 9.38. The Hall–Kier alpha value is -0.120. The smallest absolute Gasteiger partial charge is 0.0610 e. The van der Waals surface area contributed by atoms with Gasteiger partial charge in [0.1, 0.15) is 0 Å². The highest BCUT2D eigenvalue weighted by Crippen LogP contribution is 2.15. The molecular formula is C13H29NO2. The van der Waals surface area contributed by atoms with Crippen molar-refractivity contribution in [2.24, 2.45) is 0 Å². The molecule has 0 bridgehead atoms. The van der Waals surface area contributed by atoms with E-state index in [1.54, 1.807) is 7.11 Å². The summed E-state index contributed by atoms with van der Waals surface area (Å²) in [6.45, 7) is 6.02. The second kappa shape index (κ2) is 10.1. The highest BCUT2D eigenvalue weighted by Gasteiger charge is 2.21. The third kappa shape index (κ3) is 8.08. The van der Waals surface area contributed by atoms with E-state index in [1.165, 1.54) is 32.1 Å². The van der Waals surface area contributed by atoms with E-state index in [4.69, 9.17) is 4.74 Å². The van der Waals surface area contributed by atoms with Crippen LogP contribution in [-0.4, -0.2) is 37.5 Å². The molecule has 0 aliphatic heterocycles. The van der Waals surface area contributed by atoms with Crippen LogP contribution in [0.1, 0.15) is 52.4 Å². The van der Waals surface area contributed by atoms with Crippen LogP contribution in [0.25, 0.3) is 0 Å². The molecule has 0 spiro atoms. The predicted molar refractivity (Wildman–Crippen MR) is 68.7 cm³/mol. The van der Waals surface area contributed by atoms with E-state index in [-0.39, 0.29) is 12.1 Å². The van der Waals surface area contributed by atoms with Crippen LogP contribution in [0.4, 0.5) is 0 Å². The quantitative estimate of drug-likeness (QED) is 0.536. The van der Waals surface area contributed by atoms with Gasteiger partial charge in [-0.1, -0.05) is 39.0 Å². The highest BCUT2D eigenvalue weighted by atomic mass is 16.5. The number of methoxy groups -OCH3 is 1. The molecule has 3 heteroatoms. The topological polar surface area (TPSA) is 41.5 Å². The van der Waals surface area contributed by atoms with Crippen molar-refractivity contribution >= 4 is 0 Å². The lowest BCUT2D eigenvalue weighted by Crippen LogP contribution is -2.47. The number of hydrogen-bond donors (Lipinski definition) is 2. The van der Waals surface area contributed by atoms with Gasteiger partial charge in [0, 0.05) is 19.2 Å². The molecule has 0 amide bonds. The minimum Gasteiger partial charge on any atom is -0.394 e. The van der Waals surface area contributed by atoms with Gasteiger partial charge in [0.25, 0.3) is 0 Å². The van der Waals surface area contributed by atoms with E-state index in [1.807, 2.05) is 0 Å². The Kier molecular flexibility index (Phi) is 9.99. The molecule has 0 aromatic heterocycles. The summed E-state index contributed by atoms with van der Waals surface area (Å²) < 4.78 is 5.00. The number of nitrogens with one attached hydrogen (secondary N) is 1. The van der Waals surface area contributed by atoms with Gasteiger partial charge in [0.15, 0.2) is 0 Å². The lowest BCUT2D eigenvalue weighted by Gasteiger charge is -2.29. The van der Waals surface area contributed by atoms with Crippen molar-refractivity contribution in [3.8, 4) is 0 Å². The second-order valence-corrected chi connectivity index (χ2v) is 4.80. The Morgan fingerprint density at radius 1 is 1.19 bits per heavy atom. The standard InChI is InChI=1S/C13H29NO2/c1-4-5-6-7-8-9-13(2,12-15)14-10-11-16-3/h14-15H,4-12H2,1-3H3. The average molecular weight is 231 g/mol. The van der Waals surface area contributed by atoms with Crippen LogP contribution in [0.5, 0.6) is 0 Å². The van der Waals surface area contributed by atoms with E-state index in [2.05, 4.69) is 19.2 Å². The average Bonchev–Trinajstić information content (AvgIpc) is 2.29. The summed E-state index contributed by atoms with van der Waals surface area (Å²) in [7, 11) is 1.70. The third-order valence-electron chi connectivity index (χ3n) is 3.04. The maximum Gasteiger partial charge on any atom is 0.0610 e. The van der Waals surface area contributed by atoms with Crippen LogP contribution in [0, 0.1) is 0 Å². The molecule has 0 rings (SSSR count). The fraction of sp³-hybridized carbons (Fsp3) is 1.00. The van der Waals surface area contributed by atoms with Crippen molar-refractivity contribution in [1.82, 2.24) is 5.32 Å². The van der Waals surface area contributed by atoms with E-state index < -0.39 is 0 Å². The van der Waals surface area contributed by atoms with Crippen LogP contribution < -0.4 is 5.32 Å². The summed E-state index contributed by atoms with van der Waals surface area (Å²) in [5, 5.41) is 12.7. The van der Waals surface area contributed by atoms with Crippen LogP contribution in [-0.2, 0) is 4.74 Å². The molecule has 0 saturated carbocycles. The number of ether oxygens (including phenoxy) is 1. The van der Waals surface area contributed by atoms with Gasteiger partial charge in [-0.3, -0.25) is 0 Å². The SMILES string of the molecule is CCCCCCCC(C)(CO)NCCOC. The Labute approximate surface area is 101 Å². The lowest BCUT2D eigenvalue weighted by molar-refractivity contribution is 0.140. The third-order valence-corrected chi connectivity index (χ3v) is 3.04. The fourth-order valence-electron chi connectivity index (χ4n) is 1.80. The molecule has 0 saturated heterocycles. The molecule has 0 aliphatic carbocycles. The van der Waals surface area contributed by atoms with Gasteiger partial charge >= 0.3 is 0 Å². The second-order valence-electron chi connectivity index (χ2n) is 4.80. The molecule has 0 fully saturated rings. The van der Waals surface area contributed by atoms with Crippen LogP contribution in [0.15, 0.2) is 0 Å². The molecule has 98 valence electrons. The highest BCUT2D eigenvalue weighted by molar-refractivity contribution is 4.81. The number of unbranched alkanes of at least 4 members (excludes halogenated alkanes) is 4. The fourth-order valence-corrected chi connectivity index (χ4v) is 1.80. The van der Waals surface area contributed by atoms with Gasteiger partial charge in [-0.15, -0.1) is 0 Å². The van der Waals surface area contributed by atoms with Crippen molar-refractivity contribution < 1.29 is 9.84 Å². The van der Waals surface area contributed by atoms with Gasteiger partial charge in [-0.2, -0.15) is 0 Å². The number of aliphatic hydroxyl groups excluding tert-OH is 1. The van der Waals surface area contributed by atoms with Crippen LogP contribution >= 0.6 is 0 Å². The van der Waals surface area contributed by atoms with Crippen molar-refractivity contribution in [3.05, 3.63) is 0 Å². The van der Waals surface area contributed by atoms with Gasteiger partial charge in [0.05, 0.1) is 13.2 Å². The monoisotopic (exact) mass is 231 g/mol. The molecule has 16 heavy (non-hydrogen) atoms. The predicted octanol–water partition coefficient (Wildman–Crippen LogP) is 2.33. The molecule has 0 aromatic rings. The van der Waals surface area contributed by atoms with Crippen molar-refractivity contribution in [3.63, 3.8) is 0 Å². The summed E-state index contributed by atoms with van der Waals surface area (Å²) in [5.74, 6) is 0. The summed E-state index contributed by atoms with van der Waals surface area (Å²) >= 11 is 0. The summed E-state index contributed by atoms with van der Waals surface area (Å²) in [6.07, 6.45) is 7.43. The Morgan fingerprint density at radius 3 is 2.44 bits per heavy atom. The molecule has 0 aromatic carbocycles. The molecule has 1 unspecified atom stereocenters. The van der Waals surface area contributed by atoms with Gasteiger partial charge in [0.2, 0.25) is 0 Å². The first-order valence-corrected chi connectivity index (χ1v) is 6.53. The Bertz CT molecular complexity index is 153. The minimum absolute atomic E-state index is 0.134. The normalized spacial score (nSPS) is 15.0. The molecular weight excluding hydrogens is 202 g/mol. The maximum absolute atomic E-state index is 9.38. The van der Waals surface area contributed by atoms with Gasteiger partial charge in [-0.05, 0) is 13.3 Å². The molecule has 1 atom stereocenters. The molecule has 2 N–H and O–H groups in total. The number of aliphatic hydroxyl groups is 1. The minimum atomic E-state index is -0.134. The van der Waals surface area contributed by atoms with Crippen molar-refractivity contribution in [2.75, 3.05) is 26.9 Å². The number of hydrogen-bond acceptors (Lipinski definition) is 3. The zero-order valence-electron chi connectivity index (χ0n) is 11.2. The van der Waals surface area contributed by atoms with E-state index >= 15 is 0 Å². The summed E-state index contributed by atoms with van der Waals surface area (Å²) in [4.78, 5) is 0. The van der Waals surface area contributed by atoms with E-state index in [0.29, 0.717) is 6.61 Å². The Balaban J connectivity index is 3.61. The molecule has 3 nitrogen and oxygen atoms in total. The largest absolute Gasteiger partial charge is 0.394 e. The van der Waals surface area contributed by atoms with Crippen molar-refractivity contribution in [2.45, 2.75) is 57.9 Å². The molecule has 0 radical (unpaired) electrons. The van der Waals surface area contributed by atoms with Gasteiger partial charge < -0.3 is 15.2 Å². The van der Waals surface area contributed by atoms with Crippen molar-refractivity contribution in [1.29, 1.82) is 0 Å². The first-order chi connectivity index (χ1) is 7.68. The zero-order valence-corrected chi connectivity index (χ0v) is 11.2. The van der Waals surface area contributed by atoms with E-state index in [9.17, 15) is 5.11 Å². The van der Waals surface area contributed by atoms with E-state index in [0.717, 1.165) is 13.0 Å². The lowest BCUT2D eigenvalue weighted by atomic mass is 9.95.